The molecule has 1 unspecified atom stereocenters. The topological polar surface area (TPSA) is 32.3 Å². The minimum Gasteiger partial charge on any atom is -0.508 e. The normalized spacial score (nSPS) is 27.3. The van der Waals surface area contributed by atoms with Crippen molar-refractivity contribution in [3.63, 3.8) is 0 Å². The predicted molar refractivity (Wildman–Crippen MR) is 61.9 cm³/mol. The highest BCUT2D eigenvalue weighted by Crippen LogP contribution is 2.34. The number of hydrogen-bond donors (Lipinski definition) is 2. The van der Waals surface area contributed by atoms with Crippen molar-refractivity contribution >= 4 is 0 Å². The van der Waals surface area contributed by atoms with E-state index in [2.05, 4.69) is 12.2 Å². The largest absolute Gasteiger partial charge is 0.508 e. The maximum atomic E-state index is 9.88. The molecule has 2 N–H and O–H groups in total. The van der Waals surface area contributed by atoms with Gasteiger partial charge in [-0.05, 0) is 32.4 Å². The highest BCUT2D eigenvalue weighted by Gasteiger charge is 2.29. The molecule has 1 aliphatic rings. The summed E-state index contributed by atoms with van der Waals surface area (Å²) >= 11 is 0. The lowest BCUT2D eigenvalue weighted by Gasteiger charge is -2.30. The highest BCUT2D eigenvalue weighted by atomic mass is 16.3. The maximum absolute atomic E-state index is 9.88. The van der Waals surface area contributed by atoms with E-state index in [1.165, 1.54) is 19.3 Å². The van der Waals surface area contributed by atoms with Crippen molar-refractivity contribution in [2.45, 2.75) is 38.1 Å². The molecular weight excluding hydrogens is 186 g/mol. The molecule has 1 saturated heterocycles. The van der Waals surface area contributed by atoms with Crippen LogP contribution >= 0.6 is 0 Å². The second-order valence-corrected chi connectivity index (χ2v) is 4.59. The lowest BCUT2D eigenvalue weighted by molar-refractivity contribution is 0.340. The van der Waals surface area contributed by atoms with Crippen LogP contribution < -0.4 is 5.32 Å². The van der Waals surface area contributed by atoms with E-state index in [0.29, 0.717) is 5.75 Å². The zero-order valence-electron chi connectivity index (χ0n) is 9.29. The molecule has 1 heterocycles. The summed E-state index contributed by atoms with van der Waals surface area (Å²) in [5, 5.41) is 13.4. The average molecular weight is 205 g/mol. The third-order valence-electron chi connectivity index (χ3n) is 3.37. The Balaban J connectivity index is 2.30. The Morgan fingerprint density at radius 1 is 1.20 bits per heavy atom. The monoisotopic (exact) mass is 205 g/mol. The molecule has 1 fully saturated rings. The van der Waals surface area contributed by atoms with Crippen LogP contribution in [0.2, 0.25) is 0 Å². The zero-order valence-corrected chi connectivity index (χ0v) is 9.29. The fourth-order valence-corrected chi connectivity index (χ4v) is 2.40. The molecule has 0 bridgehead atoms. The summed E-state index contributed by atoms with van der Waals surface area (Å²) < 4.78 is 0. The number of benzene rings is 1. The van der Waals surface area contributed by atoms with Crippen molar-refractivity contribution in [2.24, 2.45) is 0 Å². The van der Waals surface area contributed by atoms with Crippen LogP contribution in [-0.2, 0) is 5.54 Å². The van der Waals surface area contributed by atoms with Crippen molar-refractivity contribution in [1.29, 1.82) is 0 Å². The maximum Gasteiger partial charge on any atom is 0.120 e. The molecule has 1 aromatic rings. The number of rotatable bonds is 1. The van der Waals surface area contributed by atoms with Crippen molar-refractivity contribution < 1.29 is 5.11 Å². The molecule has 82 valence electrons. The van der Waals surface area contributed by atoms with Gasteiger partial charge in [0.1, 0.15) is 5.75 Å². The van der Waals surface area contributed by atoms with Gasteiger partial charge in [-0.15, -0.1) is 0 Å². The number of hydrogen-bond acceptors (Lipinski definition) is 2. The van der Waals surface area contributed by atoms with E-state index in [1.807, 2.05) is 18.2 Å². The first kappa shape index (κ1) is 10.5. The van der Waals surface area contributed by atoms with Crippen LogP contribution in [0.15, 0.2) is 24.3 Å². The van der Waals surface area contributed by atoms with Crippen LogP contribution in [-0.4, -0.2) is 11.7 Å². The van der Waals surface area contributed by atoms with Crippen LogP contribution in [0.25, 0.3) is 0 Å². The van der Waals surface area contributed by atoms with Gasteiger partial charge < -0.3 is 10.4 Å². The Bertz CT molecular complexity index is 327. The fraction of sp³-hybridized carbons (Fsp3) is 0.538. The van der Waals surface area contributed by atoms with Crippen LogP contribution in [0.1, 0.15) is 38.2 Å². The second-order valence-electron chi connectivity index (χ2n) is 4.59. The Morgan fingerprint density at radius 3 is 2.80 bits per heavy atom. The van der Waals surface area contributed by atoms with Crippen LogP contribution in [0.4, 0.5) is 0 Å². The van der Waals surface area contributed by atoms with E-state index in [9.17, 15) is 5.11 Å². The summed E-state index contributed by atoms with van der Waals surface area (Å²) in [6.45, 7) is 3.23. The molecule has 2 rings (SSSR count). The van der Waals surface area contributed by atoms with Gasteiger partial charge in [-0.2, -0.15) is 0 Å². The first-order chi connectivity index (χ1) is 7.22. The number of phenolic OH excluding ortho intramolecular Hbond substituents is 1. The molecule has 1 atom stereocenters. The van der Waals surface area contributed by atoms with Gasteiger partial charge in [0.25, 0.3) is 0 Å². The molecule has 0 saturated carbocycles. The number of phenols is 1. The SMILES string of the molecule is CC1(c2ccccc2O)CCCCCN1. The standard InChI is InChI=1S/C13H19NO/c1-13(9-5-2-6-10-14-13)11-7-3-4-8-12(11)15/h3-4,7-8,14-15H,2,5-6,9-10H2,1H3. The Labute approximate surface area is 91.3 Å². The zero-order chi connectivity index (χ0) is 10.7. The summed E-state index contributed by atoms with van der Waals surface area (Å²) in [4.78, 5) is 0. The van der Waals surface area contributed by atoms with Gasteiger partial charge in [0, 0.05) is 11.1 Å². The Kier molecular flexibility index (Phi) is 2.96. The summed E-state index contributed by atoms with van der Waals surface area (Å²) in [6.07, 6.45) is 4.86. The third kappa shape index (κ3) is 2.15. The number of nitrogens with one attached hydrogen (secondary N) is 1. The van der Waals surface area contributed by atoms with E-state index >= 15 is 0 Å². The highest BCUT2D eigenvalue weighted by molar-refractivity contribution is 5.37. The van der Waals surface area contributed by atoms with E-state index < -0.39 is 0 Å². The van der Waals surface area contributed by atoms with E-state index in [4.69, 9.17) is 0 Å². The quantitative estimate of drug-likeness (QED) is 0.739. The van der Waals surface area contributed by atoms with Gasteiger partial charge in [0.05, 0.1) is 0 Å². The molecule has 0 aromatic heterocycles. The van der Waals surface area contributed by atoms with Gasteiger partial charge in [-0.1, -0.05) is 31.0 Å². The second kappa shape index (κ2) is 4.23. The Hall–Kier alpha value is -1.02. The fourth-order valence-electron chi connectivity index (χ4n) is 2.40. The van der Waals surface area contributed by atoms with Gasteiger partial charge in [-0.25, -0.2) is 0 Å². The molecule has 2 nitrogen and oxygen atoms in total. The lowest BCUT2D eigenvalue weighted by atomic mass is 9.87. The van der Waals surface area contributed by atoms with Gasteiger partial charge in [0.2, 0.25) is 0 Å². The smallest absolute Gasteiger partial charge is 0.120 e. The molecule has 0 aliphatic carbocycles. The number of para-hydroxylation sites is 1. The summed E-state index contributed by atoms with van der Waals surface area (Å²) in [5.74, 6) is 0.411. The predicted octanol–water partition coefficient (Wildman–Crippen LogP) is 2.77. The minimum absolute atomic E-state index is 0.0537. The molecule has 1 aromatic carbocycles. The first-order valence-electron chi connectivity index (χ1n) is 5.76. The molecule has 1 aliphatic heterocycles. The Morgan fingerprint density at radius 2 is 2.00 bits per heavy atom. The van der Waals surface area contributed by atoms with E-state index in [-0.39, 0.29) is 5.54 Å². The van der Waals surface area contributed by atoms with E-state index in [1.54, 1.807) is 6.07 Å². The van der Waals surface area contributed by atoms with Crippen LogP contribution in [0.5, 0.6) is 5.75 Å². The third-order valence-corrected chi connectivity index (χ3v) is 3.37. The molecule has 0 radical (unpaired) electrons. The molecule has 2 heteroatoms. The average Bonchev–Trinajstić information content (AvgIpc) is 2.44. The molecule has 0 amide bonds. The van der Waals surface area contributed by atoms with Crippen molar-refractivity contribution in [1.82, 2.24) is 5.32 Å². The van der Waals surface area contributed by atoms with E-state index in [0.717, 1.165) is 18.5 Å². The van der Waals surface area contributed by atoms with Crippen molar-refractivity contribution in [2.75, 3.05) is 6.54 Å². The summed E-state index contributed by atoms with van der Waals surface area (Å²) in [7, 11) is 0. The van der Waals surface area contributed by atoms with Crippen molar-refractivity contribution in [3.05, 3.63) is 29.8 Å². The first-order valence-corrected chi connectivity index (χ1v) is 5.76. The van der Waals surface area contributed by atoms with Gasteiger partial charge >= 0.3 is 0 Å². The van der Waals surface area contributed by atoms with Gasteiger partial charge in [-0.3, -0.25) is 0 Å². The molecule has 0 spiro atoms. The van der Waals surface area contributed by atoms with Crippen molar-refractivity contribution in [3.8, 4) is 5.75 Å². The molecular formula is C13H19NO. The van der Waals surface area contributed by atoms with Crippen LogP contribution in [0.3, 0.4) is 0 Å². The lowest BCUT2D eigenvalue weighted by Crippen LogP contribution is -2.38. The summed E-state index contributed by atoms with van der Waals surface area (Å²) in [5.41, 5.74) is 0.980. The number of aromatic hydroxyl groups is 1. The summed E-state index contributed by atoms with van der Waals surface area (Å²) in [6, 6.07) is 7.66. The minimum atomic E-state index is -0.0537. The van der Waals surface area contributed by atoms with Gasteiger partial charge in [0.15, 0.2) is 0 Å². The van der Waals surface area contributed by atoms with Crippen LogP contribution in [0, 0.1) is 0 Å². The molecule has 15 heavy (non-hydrogen) atoms.